The fraction of sp³-hybridized carbons (Fsp3) is 0.158. The van der Waals surface area contributed by atoms with Crippen LogP contribution < -0.4 is 19.3 Å². The Labute approximate surface area is 158 Å². The van der Waals surface area contributed by atoms with Crippen LogP contribution in [0.15, 0.2) is 40.9 Å². The zero-order valence-electron chi connectivity index (χ0n) is 14.3. The second kappa shape index (κ2) is 7.21. The van der Waals surface area contributed by atoms with E-state index in [1.54, 1.807) is 30.3 Å². The van der Waals surface area contributed by atoms with Crippen molar-refractivity contribution >= 4 is 32.8 Å². The highest BCUT2D eigenvalue weighted by Crippen LogP contribution is 2.41. The van der Waals surface area contributed by atoms with E-state index >= 15 is 0 Å². The maximum absolute atomic E-state index is 11.6. The minimum absolute atomic E-state index is 0.0556. The number of hydrogen-bond acceptors (Lipinski definition) is 6. The van der Waals surface area contributed by atoms with E-state index < -0.39 is 5.97 Å². The summed E-state index contributed by atoms with van der Waals surface area (Å²) in [5.74, 6) is 0.0805. The fourth-order valence-electron chi connectivity index (χ4n) is 2.74. The second-order valence-electron chi connectivity index (χ2n) is 5.42. The van der Waals surface area contributed by atoms with Crippen LogP contribution in [0.2, 0.25) is 0 Å². The summed E-state index contributed by atoms with van der Waals surface area (Å²) in [5.41, 5.74) is 1.68. The highest BCUT2D eigenvalue weighted by atomic mass is 79.9. The average Bonchev–Trinajstić information content (AvgIpc) is 2.65. The van der Waals surface area contributed by atoms with Crippen LogP contribution >= 0.6 is 15.9 Å². The minimum Gasteiger partial charge on any atom is -0.545 e. The van der Waals surface area contributed by atoms with Gasteiger partial charge in [-0.1, -0.05) is 15.9 Å². The first-order valence-corrected chi connectivity index (χ1v) is 8.39. The number of fused-ring (bicyclic) bond motifs is 1. The van der Waals surface area contributed by atoms with Gasteiger partial charge in [-0.25, -0.2) is 4.98 Å². The fourth-order valence-corrected chi connectivity index (χ4v) is 3.10. The summed E-state index contributed by atoms with van der Waals surface area (Å²) in [5, 5.41) is 12.1. The maximum Gasteiger partial charge on any atom is 0.203 e. The molecule has 0 N–H and O–H groups in total. The van der Waals surface area contributed by atoms with Crippen LogP contribution in [-0.2, 0) is 0 Å². The van der Waals surface area contributed by atoms with Crippen molar-refractivity contribution in [2.24, 2.45) is 0 Å². The Morgan fingerprint density at radius 1 is 1.00 bits per heavy atom. The third-order valence-corrected chi connectivity index (χ3v) is 4.44. The monoisotopic (exact) mass is 416 g/mol. The van der Waals surface area contributed by atoms with Crippen molar-refractivity contribution in [2.75, 3.05) is 21.3 Å². The summed E-state index contributed by atoms with van der Waals surface area (Å²) < 4.78 is 16.8. The van der Waals surface area contributed by atoms with Gasteiger partial charge in [0.15, 0.2) is 11.5 Å². The predicted molar refractivity (Wildman–Crippen MR) is 98.9 cm³/mol. The lowest BCUT2D eigenvalue weighted by Gasteiger charge is -2.15. The van der Waals surface area contributed by atoms with Crippen LogP contribution in [0.25, 0.3) is 22.2 Å². The van der Waals surface area contributed by atoms with Crippen molar-refractivity contribution in [3.8, 4) is 28.5 Å². The van der Waals surface area contributed by atoms with E-state index in [0.717, 1.165) is 4.47 Å². The molecule has 0 radical (unpaired) electrons. The number of carbonyl (C=O) groups is 1. The van der Waals surface area contributed by atoms with E-state index in [4.69, 9.17) is 14.2 Å². The number of aromatic carboxylic acids is 1. The highest BCUT2D eigenvalue weighted by Gasteiger charge is 2.16. The van der Waals surface area contributed by atoms with Crippen molar-refractivity contribution in [3.63, 3.8) is 0 Å². The van der Waals surface area contributed by atoms with Gasteiger partial charge in [0.2, 0.25) is 5.75 Å². The summed E-state index contributed by atoms with van der Waals surface area (Å²) in [6.07, 6.45) is 0. The Balaban J connectivity index is 2.29. The molecule has 0 saturated carbocycles. The number of carbonyl (C=O) groups excluding carboxylic acids is 1. The lowest BCUT2D eigenvalue weighted by molar-refractivity contribution is -0.254. The van der Waals surface area contributed by atoms with E-state index in [2.05, 4.69) is 20.9 Å². The molecule has 3 aromatic rings. The molecule has 0 unspecified atom stereocenters. The Hall–Kier alpha value is -2.80. The molecular formula is C19H15BrNO5-. The molecule has 1 aromatic heterocycles. The summed E-state index contributed by atoms with van der Waals surface area (Å²) in [4.78, 5) is 16.2. The molecular weight excluding hydrogens is 402 g/mol. The minimum atomic E-state index is -1.27. The molecule has 6 nitrogen and oxygen atoms in total. The number of carboxylic acid groups (broad SMARTS) is 1. The van der Waals surface area contributed by atoms with Crippen LogP contribution in [0, 0.1) is 0 Å². The molecule has 0 atom stereocenters. The van der Waals surface area contributed by atoms with Crippen molar-refractivity contribution in [1.29, 1.82) is 0 Å². The van der Waals surface area contributed by atoms with Crippen molar-refractivity contribution in [3.05, 3.63) is 46.4 Å². The summed E-state index contributed by atoms with van der Waals surface area (Å²) >= 11 is 3.34. The number of halogens is 1. The largest absolute Gasteiger partial charge is 0.545 e. The Morgan fingerprint density at radius 3 is 2.19 bits per heavy atom. The molecule has 0 aliphatic heterocycles. The van der Waals surface area contributed by atoms with Crippen LogP contribution in [-0.4, -0.2) is 32.3 Å². The number of benzene rings is 2. The second-order valence-corrected chi connectivity index (χ2v) is 6.33. The van der Waals surface area contributed by atoms with Gasteiger partial charge in [0.05, 0.1) is 38.5 Å². The molecule has 0 fully saturated rings. The molecule has 0 amide bonds. The summed E-state index contributed by atoms with van der Waals surface area (Å²) in [6.45, 7) is 0. The zero-order chi connectivity index (χ0) is 18.8. The number of nitrogens with zero attached hydrogens (tertiary/aromatic N) is 1. The first kappa shape index (κ1) is 18.0. The third kappa shape index (κ3) is 3.17. The normalized spacial score (nSPS) is 10.6. The van der Waals surface area contributed by atoms with E-state index in [-0.39, 0.29) is 5.56 Å². The summed E-state index contributed by atoms with van der Waals surface area (Å²) in [7, 11) is 4.54. The number of rotatable bonds is 5. The van der Waals surface area contributed by atoms with Gasteiger partial charge in [-0.2, -0.15) is 0 Å². The lowest BCUT2D eigenvalue weighted by Crippen LogP contribution is -2.22. The number of ether oxygens (including phenoxy) is 3. The van der Waals surface area contributed by atoms with Gasteiger partial charge >= 0.3 is 0 Å². The number of carboxylic acids is 1. The molecule has 2 aromatic carbocycles. The maximum atomic E-state index is 11.6. The van der Waals surface area contributed by atoms with Crippen molar-refractivity contribution in [1.82, 2.24) is 4.98 Å². The first-order chi connectivity index (χ1) is 12.5. The van der Waals surface area contributed by atoms with Crippen LogP contribution in [0.1, 0.15) is 10.4 Å². The third-order valence-electron chi connectivity index (χ3n) is 3.95. The number of methoxy groups -OCH3 is 3. The lowest BCUT2D eigenvalue weighted by atomic mass is 10.0. The quantitative estimate of drug-likeness (QED) is 0.635. The molecule has 1 heterocycles. The molecule has 0 aliphatic carbocycles. The smallest absolute Gasteiger partial charge is 0.203 e. The molecule has 3 rings (SSSR count). The molecule has 7 heteroatoms. The molecule has 134 valence electrons. The van der Waals surface area contributed by atoms with Crippen LogP contribution in [0.3, 0.4) is 0 Å². The van der Waals surface area contributed by atoms with E-state index in [1.807, 2.05) is 0 Å². The molecule has 26 heavy (non-hydrogen) atoms. The molecule has 0 aliphatic rings. The highest BCUT2D eigenvalue weighted by molar-refractivity contribution is 9.10. The first-order valence-electron chi connectivity index (χ1n) is 7.60. The standard InChI is InChI=1S/C19H16BrNO5/c1-24-16-6-10(7-17(25-2)18(16)26-3)15-9-13(19(22)23)12-8-11(20)4-5-14(12)21-15/h4-9H,1-3H3,(H,22,23)/p-1. The topological polar surface area (TPSA) is 80.7 Å². The van der Waals surface area contributed by atoms with Crippen LogP contribution in [0.5, 0.6) is 17.2 Å². The van der Waals surface area contributed by atoms with Gasteiger partial charge in [-0.15, -0.1) is 0 Å². The van der Waals surface area contributed by atoms with Gasteiger partial charge in [0, 0.05) is 21.0 Å². The molecule has 0 bridgehead atoms. The Bertz CT molecular complexity index is 978. The molecule has 0 saturated heterocycles. The van der Waals surface area contributed by atoms with Gasteiger partial charge in [-0.05, 0) is 36.4 Å². The zero-order valence-corrected chi connectivity index (χ0v) is 15.9. The van der Waals surface area contributed by atoms with Gasteiger partial charge in [0.25, 0.3) is 0 Å². The predicted octanol–water partition coefficient (Wildman–Crippen LogP) is 3.05. The van der Waals surface area contributed by atoms with Gasteiger partial charge in [0.1, 0.15) is 0 Å². The Morgan fingerprint density at radius 2 is 1.65 bits per heavy atom. The van der Waals surface area contributed by atoms with Crippen molar-refractivity contribution in [2.45, 2.75) is 0 Å². The number of aromatic nitrogens is 1. The van der Waals surface area contributed by atoms with Crippen molar-refractivity contribution < 1.29 is 24.1 Å². The van der Waals surface area contributed by atoms with E-state index in [9.17, 15) is 9.90 Å². The van der Waals surface area contributed by atoms with E-state index in [1.165, 1.54) is 27.4 Å². The SMILES string of the molecule is COc1cc(-c2cc(C(=O)[O-])c3cc(Br)ccc3n2)cc(OC)c1OC. The molecule has 0 spiro atoms. The summed E-state index contributed by atoms with van der Waals surface area (Å²) in [6, 6.07) is 10.2. The number of hydrogen-bond donors (Lipinski definition) is 0. The van der Waals surface area contributed by atoms with E-state index in [0.29, 0.717) is 39.4 Å². The van der Waals surface area contributed by atoms with Gasteiger partial charge < -0.3 is 24.1 Å². The van der Waals surface area contributed by atoms with Gasteiger partial charge in [-0.3, -0.25) is 0 Å². The Kier molecular flexibility index (Phi) is 4.99. The number of pyridine rings is 1. The average molecular weight is 417 g/mol. The van der Waals surface area contributed by atoms with Crippen LogP contribution in [0.4, 0.5) is 0 Å².